The predicted molar refractivity (Wildman–Crippen MR) is 236 cm³/mol. The Morgan fingerprint density at radius 1 is 0.482 bits per heavy atom. The lowest BCUT2D eigenvalue weighted by molar-refractivity contribution is 0.474. The summed E-state index contributed by atoms with van der Waals surface area (Å²) in [4.78, 5) is 2.46. The highest BCUT2D eigenvalue weighted by Crippen LogP contribution is 2.51. The molecule has 0 bridgehead atoms. The number of nitrogens with zero attached hydrogens (tertiary/aromatic N) is 1. The Labute approximate surface area is 327 Å². The molecule has 1 aliphatic rings. The molecular weight excluding hydrogens is 679 g/mol. The van der Waals surface area contributed by atoms with Crippen LogP contribution in [0.5, 0.6) is 0 Å². The first-order valence-electron chi connectivity index (χ1n) is 19.8. The van der Waals surface area contributed by atoms with Crippen LogP contribution in [-0.2, 0) is 11.8 Å². The van der Waals surface area contributed by atoms with Gasteiger partial charge in [0.1, 0.15) is 11.2 Å². The van der Waals surface area contributed by atoms with Crippen molar-refractivity contribution in [2.75, 3.05) is 4.90 Å². The van der Waals surface area contributed by atoms with Crippen molar-refractivity contribution in [2.45, 2.75) is 38.0 Å². The largest absolute Gasteiger partial charge is 0.456 e. The molecule has 268 valence electrons. The summed E-state index contributed by atoms with van der Waals surface area (Å²) in [5, 5.41) is 10.0. The van der Waals surface area contributed by atoms with Crippen molar-refractivity contribution in [3.63, 3.8) is 0 Å². The van der Waals surface area contributed by atoms with Gasteiger partial charge in [0.25, 0.3) is 0 Å². The summed E-state index contributed by atoms with van der Waals surface area (Å²) < 4.78 is 6.94. The van der Waals surface area contributed by atoms with E-state index in [9.17, 15) is 0 Å². The third-order valence-corrected chi connectivity index (χ3v) is 12.4. The summed E-state index contributed by atoms with van der Waals surface area (Å²) in [7, 11) is 0. The number of benzene rings is 9. The van der Waals surface area contributed by atoms with Gasteiger partial charge in [-0.3, -0.25) is 0 Å². The van der Waals surface area contributed by atoms with Crippen molar-refractivity contribution in [1.29, 1.82) is 0 Å². The van der Waals surface area contributed by atoms with E-state index in [-0.39, 0.29) is 11.3 Å². The summed E-state index contributed by atoms with van der Waals surface area (Å²) in [5.41, 5.74) is 12.0. The molecule has 1 aliphatic carbocycles. The van der Waals surface area contributed by atoms with Crippen molar-refractivity contribution in [3.05, 3.63) is 210 Å². The van der Waals surface area contributed by atoms with Gasteiger partial charge in [0, 0.05) is 33.8 Å². The monoisotopic (exact) mass is 719 g/mol. The highest BCUT2D eigenvalue weighted by atomic mass is 16.3. The molecule has 0 amide bonds. The van der Waals surface area contributed by atoms with Crippen molar-refractivity contribution in [1.82, 2.24) is 0 Å². The van der Waals surface area contributed by atoms with E-state index < -0.39 is 0 Å². The molecular formula is C54H41NO. The number of hydrogen-bond acceptors (Lipinski definition) is 2. The Hall–Kier alpha value is -6.64. The van der Waals surface area contributed by atoms with E-state index in [1.807, 2.05) is 0 Å². The average molecular weight is 720 g/mol. The molecule has 1 heterocycles. The molecule has 1 unspecified atom stereocenters. The highest BCUT2D eigenvalue weighted by Gasteiger charge is 2.33. The van der Waals surface area contributed by atoms with Gasteiger partial charge < -0.3 is 9.32 Å². The predicted octanol–water partition coefficient (Wildman–Crippen LogP) is 14.9. The molecule has 0 aliphatic heterocycles. The fraction of sp³-hybridized carbons (Fsp3) is 0.111. The number of fused-ring (bicyclic) bond motifs is 6. The lowest BCUT2D eigenvalue weighted by atomic mass is 9.71. The van der Waals surface area contributed by atoms with E-state index in [1.54, 1.807) is 0 Å². The quantitative estimate of drug-likeness (QED) is 0.159. The van der Waals surface area contributed by atoms with E-state index in [1.165, 1.54) is 76.9 Å². The van der Waals surface area contributed by atoms with Crippen LogP contribution < -0.4 is 4.90 Å². The second-order valence-electron chi connectivity index (χ2n) is 16.2. The average Bonchev–Trinajstić information content (AvgIpc) is 3.61. The highest BCUT2D eigenvalue weighted by molar-refractivity contribution is 6.21. The van der Waals surface area contributed by atoms with Crippen molar-refractivity contribution in [3.8, 4) is 0 Å². The van der Waals surface area contributed by atoms with Crippen LogP contribution in [0.1, 0.15) is 54.0 Å². The maximum absolute atomic E-state index is 6.94. The van der Waals surface area contributed by atoms with Gasteiger partial charge in [-0.2, -0.15) is 0 Å². The van der Waals surface area contributed by atoms with Gasteiger partial charge in [-0.1, -0.05) is 153 Å². The normalized spacial score (nSPS) is 14.2. The number of para-hydroxylation sites is 1. The zero-order valence-electron chi connectivity index (χ0n) is 31.7. The van der Waals surface area contributed by atoms with Crippen LogP contribution >= 0.6 is 0 Å². The fourth-order valence-corrected chi connectivity index (χ4v) is 9.55. The molecule has 0 spiro atoms. The lowest BCUT2D eigenvalue weighted by Crippen LogP contribution is -2.24. The lowest BCUT2D eigenvalue weighted by Gasteiger charge is -2.36. The van der Waals surface area contributed by atoms with Crippen molar-refractivity contribution in [2.24, 2.45) is 0 Å². The Kier molecular flexibility index (Phi) is 7.44. The minimum Gasteiger partial charge on any atom is -0.456 e. The fourth-order valence-electron chi connectivity index (χ4n) is 9.55. The summed E-state index contributed by atoms with van der Waals surface area (Å²) in [6.07, 6.45) is 2.06. The summed E-state index contributed by atoms with van der Waals surface area (Å²) >= 11 is 0. The molecule has 2 nitrogen and oxygen atoms in total. The smallest absolute Gasteiger partial charge is 0.136 e. The third kappa shape index (κ3) is 5.24. The van der Waals surface area contributed by atoms with E-state index in [2.05, 4.69) is 201 Å². The first-order chi connectivity index (χ1) is 27.5. The van der Waals surface area contributed by atoms with Crippen LogP contribution in [-0.4, -0.2) is 0 Å². The zero-order valence-corrected chi connectivity index (χ0v) is 31.7. The SMILES string of the molecule is CC1(C)CCc2c(N(c3ccccc3)c3ccc4ccccc4c3)ccc3c2c1cc1oc2cc(C(c4ccccc4)c4ccc5ccccc5c4)ccc2c13. The molecule has 0 N–H and O–H groups in total. The van der Waals surface area contributed by atoms with Gasteiger partial charge in [0.15, 0.2) is 0 Å². The van der Waals surface area contributed by atoms with Gasteiger partial charge in [0.05, 0.1) is 0 Å². The molecule has 2 heteroatoms. The second-order valence-corrected chi connectivity index (χ2v) is 16.2. The standard InChI is InChI=1S/C54H41NO/c1-54(2)30-29-44-48(55(42-19-7-4-8-20-42)43-25-23-36-14-10-12-18-39(36)32-43)28-27-46-52(44)47(54)34-50-53(46)45-26-24-41(33-49(45)56-50)51(37-15-5-3-6-16-37)40-22-21-35-13-9-11-17-38(35)31-40/h3-28,31-34,51H,29-30H2,1-2H3. The molecule has 11 rings (SSSR count). The zero-order chi connectivity index (χ0) is 37.4. The minimum atomic E-state index is -0.00277. The Morgan fingerprint density at radius 2 is 1.11 bits per heavy atom. The topological polar surface area (TPSA) is 16.4 Å². The maximum atomic E-state index is 6.94. The molecule has 0 fully saturated rings. The van der Waals surface area contributed by atoms with Gasteiger partial charge in [0.2, 0.25) is 0 Å². The number of hydrogen-bond donors (Lipinski definition) is 0. The molecule has 1 atom stereocenters. The Morgan fingerprint density at radius 3 is 1.88 bits per heavy atom. The molecule has 56 heavy (non-hydrogen) atoms. The van der Waals surface area contributed by atoms with Gasteiger partial charge >= 0.3 is 0 Å². The van der Waals surface area contributed by atoms with E-state index in [0.29, 0.717) is 0 Å². The first kappa shape index (κ1) is 32.8. The molecule has 1 aromatic heterocycles. The number of anilines is 3. The third-order valence-electron chi connectivity index (χ3n) is 12.4. The van der Waals surface area contributed by atoms with Crippen LogP contribution in [0.4, 0.5) is 17.1 Å². The van der Waals surface area contributed by atoms with E-state index in [4.69, 9.17) is 4.42 Å². The summed E-state index contributed by atoms with van der Waals surface area (Å²) in [6.45, 7) is 4.80. The maximum Gasteiger partial charge on any atom is 0.136 e. The van der Waals surface area contributed by atoms with Crippen LogP contribution in [0.25, 0.3) is 54.3 Å². The molecule has 0 saturated carbocycles. The number of rotatable bonds is 6. The molecule has 10 aromatic rings. The summed E-state index contributed by atoms with van der Waals surface area (Å²) in [5.74, 6) is 0.0694. The Balaban J connectivity index is 1.12. The minimum absolute atomic E-state index is 0.00277. The Bertz CT molecular complexity index is 3120. The molecule has 0 saturated heterocycles. The van der Waals surface area contributed by atoms with Crippen LogP contribution in [0.15, 0.2) is 186 Å². The second kappa shape index (κ2) is 12.7. The van der Waals surface area contributed by atoms with E-state index >= 15 is 0 Å². The van der Waals surface area contributed by atoms with Crippen molar-refractivity contribution >= 4 is 71.3 Å². The van der Waals surface area contributed by atoms with Gasteiger partial charge in [-0.15, -0.1) is 0 Å². The van der Waals surface area contributed by atoms with Crippen LogP contribution in [0.2, 0.25) is 0 Å². The molecule has 0 radical (unpaired) electrons. The van der Waals surface area contributed by atoms with E-state index in [0.717, 1.165) is 35.1 Å². The molecule has 9 aromatic carbocycles. The van der Waals surface area contributed by atoms with Crippen molar-refractivity contribution < 1.29 is 4.42 Å². The number of furan rings is 1. The van der Waals surface area contributed by atoms with Gasteiger partial charge in [-0.05, 0) is 121 Å². The summed E-state index contributed by atoms with van der Waals surface area (Å²) in [6, 6.07) is 66.7. The van der Waals surface area contributed by atoms with Gasteiger partial charge in [-0.25, -0.2) is 0 Å². The first-order valence-corrected chi connectivity index (χ1v) is 19.8. The number of aryl methyl sites for hydroxylation is 1. The van der Waals surface area contributed by atoms with Crippen LogP contribution in [0.3, 0.4) is 0 Å². The van der Waals surface area contributed by atoms with Crippen LogP contribution in [0, 0.1) is 0 Å².